The van der Waals surface area contributed by atoms with E-state index in [0.29, 0.717) is 28.8 Å². The number of H-pyrrole nitrogens is 1. The monoisotopic (exact) mass is 382 g/mol. The molecule has 1 aromatic carbocycles. The summed E-state index contributed by atoms with van der Waals surface area (Å²) in [6.45, 7) is 5.51. The first-order chi connectivity index (χ1) is 12.6. The second-order valence-corrected chi connectivity index (χ2v) is 6.05. The molecule has 2 N–H and O–H groups in total. The Bertz CT molecular complexity index is 824. The first-order valence-corrected chi connectivity index (χ1v) is 8.45. The molecule has 2 aromatic rings. The number of benzene rings is 1. The van der Waals surface area contributed by atoms with E-state index in [4.69, 9.17) is 4.74 Å². The summed E-state index contributed by atoms with van der Waals surface area (Å²) >= 11 is 0. The Labute approximate surface area is 154 Å². The number of aromatic nitrogens is 1. The van der Waals surface area contributed by atoms with Gasteiger partial charge in [-0.25, -0.2) is 4.79 Å². The summed E-state index contributed by atoms with van der Waals surface area (Å²) in [4.78, 5) is 27.2. The van der Waals surface area contributed by atoms with Crippen LogP contribution in [0.25, 0.3) is 0 Å². The molecule has 8 heteroatoms. The van der Waals surface area contributed by atoms with Crippen LogP contribution in [0.3, 0.4) is 0 Å². The number of amides is 1. The lowest BCUT2D eigenvalue weighted by Gasteiger charge is -2.08. The number of alkyl halides is 3. The van der Waals surface area contributed by atoms with Gasteiger partial charge in [0.05, 0.1) is 17.7 Å². The highest BCUT2D eigenvalue weighted by atomic mass is 19.4. The van der Waals surface area contributed by atoms with Gasteiger partial charge in [0.15, 0.2) is 0 Å². The van der Waals surface area contributed by atoms with Gasteiger partial charge >= 0.3 is 12.1 Å². The zero-order chi connectivity index (χ0) is 20.2. The van der Waals surface area contributed by atoms with Gasteiger partial charge in [0, 0.05) is 12.2 Å². The van der Waals surface area contributed by atoms with Gasteiger partial charge in [0.2, 0.25) is 0 Å². The molecule has 0 unspecified atom stereocenters. The van der Waals surface area contributed by atoms with E-state index >= 15 is 0 Å². The largest absolute Gasteiger partial charge is 0.462 e. The molecular formula is C19H21F3N2O3. The number of rotatable bonds is 6. The smallest absolute Gasteiger partial charge is 0.416 e. The van der Waals surface area contributed by atoms with Crippen LogP contribution < -0.4 is 5.32 Å². The molecule has 2 rings (SSSR count). The SMILES string of the molecule is CCOC(=O)c1c(C)[nH]c(C(=O)NCCc2ccc(C(F)(F)F)cc2)c1C. The topological polar surface area (TPSA) is 71.2 Å². The van der Waals surface area contributed by atoms with Crippen molar-refractivity contribution in [2.75, 3.05) is 13.2 Å². The van der Waals surface area contributed by atoms with E-state index in [1.165, 1.54) is 12.1 Å². The van der Waals surface area contributed by atoms with Crippen molar-refractivity contribution in [1.82, 2.24) is 10.3 Å². The van der Waals surface area contributed by atoms with E-state index in [1.807, 2.05) is 0 Å². The molecule has 146 valence electrons. The first kappa shape index (κ1) is 20.5. The fraction of sp³-hybridized carbons (Fsp3) is 0.368. The average molecular weight is 382 g/mol. The number of esters is 1. The standard InChI is InChI=1S/C19H21F3N2O3/c1-4-27-18(26)15-11(2)16(24-12(15)3)17(25)23-10-9-13-5-7-14(8-6-13)19(20,21)22/h5-8,24H,4,9-10H2,1-3H3,(H,23,25). The third-order valence-electron chi connectivity index (χ3n) is 4.12. The molecule has 0 saturated carbocycles. The van der Waals surface area contributed by atoms with E-state index in [2.05, 4.69) is 10.3 Å². The molecule has 1 amide bonds. The van der Waals surface area contributed by atoms with Crippen LogP contribution in [-0.4, -0.2) is 30.0 Å². The summed E-state index contributed by atoms with van der Waals surface area (Å²) in [5.41, 5.74) is 1.61. The molecule has 0 aliphatic rings. The third-order valence-corrected chi connectivity index (χ3v) is 4.12. The quantitative estimate of drug-likeness (QED) is 0.747. The fourth-order valence-corrected chi connectivity index (χ4v) is 2.76. The molecule has 0 fully saturated rings. The molecule has 1 heterocycles. The van der Waals surface area contributed by atoms with Gasteiger partial charge in [0.25, 0.3) is 5.91 Å². The maximum absolute atomic E-state index is 12.5. The highest BCUT2D eigenvalue weighted by molar-refractivity contribution is 6.00. The Balaban J connectivity index is 1.98. The van der Waals surface area contributed by atoms with Crippen LogP contribution in [0.5, 0.6) is 0 Å². The lowest BCUT2D eigenvalue weighted by molar-refractivity contribution is -0.137. The summed E-state index contributed by atoms with van der Waals surface area (Å²) < 4.78 is 42.6. The summed E-state index contributed by atoms with van der Waals surface area (Å²) in [5.74, 6) is -0.884. The second-order valence-electron chi connectivity index (χ2n) is 6.05. The second kappa shape index (κ2) is 8.28. The highest BCUT2D eigenvalue weighted by Crippen LogP contribution is 2.29. The van der Waals surface area contributed by atoms with Crippen LogP contribution in [-0.2, 0) is 17.3 Å². The molecule has 0 atom stereocenters. The Morgan fingerprint density at radius 2 is 1.78 bits per heavy atom. The van der Waals surface area contributed by atoms with Gasteiger partial charge in [-0.2, -0.15) is 13.2 Å². The number of carbonyl (C=O) groups is 2. The minimum atomic E-state index is -4.37. The van der Waals surface area contributed by atoms with Crippen LogP contribution in [0, 0.1) is 13.8 Å². The van der Waals surface area contributed by atoms with Crippen LogP contribution in [0.2, 0.25) is 0 Å². The molecule has 0 aliphatic heterocycles. The molecule has 0 bridgehead atoms. The van der Waals surface area contributed by atoms with E-state index in [1.54, 1.807) is 20.8 Å². The zero-order valence-corrected chi connectivity index (χ0v) is 15.3. The number of hydrogen-bond donors (Lipinski definition) is 2. The molecule has 0 aliphatic carbocycles. The van der Waals surface area contributed by atoms with Crippen molar-refractivity contribution < 1.29 is 27.5 Å². The number of ether oxygens (including phenoxy) is 1. The van der Waals surface area contributed by atoms with E-state index in [0.717, 1.165) is 12.1 Å². The molecule has 1 aromatic heterocycles. The van der Waals surface area contributed by atoms with Gasteiger partial charge in [0.1, 0.15) is 5.69 Å². The third kappa shape index (κ3) is 4.90. The van der Waals surface area contributed by atoms with Gasteiger partial charge in [-0.1, -0.05) is 12.1 Å². The van der Waals surface area contributed by atoms with Crippen molar-refractivity contribution in [3.8, 4) is 0 Å². The molecule has 0 radical (unpaired) electrons. The highest BCUT2D eigenvalue weighted by Gasteiger charge is 2.29. The Kier molecular flexibility index (Phi) is 6.30. The zero-order valence-electron chi connectivity index (χ0n) is 15.3. The van der Waals surface area contributed by atoms with E-state index < -0.39 is 23.6 Å². The maximum Gasteiger partial charge on any atom is 0.416 e. The Morgan fingerprint density at radius 3 is 2.33 bits per heavy atom. The van der Waals surface area contributed by atoms with Crippen LogP contribution >= 0.6 is 0 Å². The van der Waals surface area contributed by atoms with E-state index in [9.17, 15) is 22.8 Å². The number of aryl methyl sites for hydroxylation is 1. The Morgan fingerprint density at radius 1 is 1.15 bits per heavy atom. The van der Waals surface area contributed by atoms with Crippen molar-refractivity contribution in [2.45, 2.75) is 33.4 Å². The fourth-order valence-electron chi connectivity index (χ4n) is 2.76. The average Bonchev–Trinajstić information content (AvgIpc) is 2.89. The lowest BCUT2D eigenvalue weighted by atomic mass is 10.1. The van der Waals surface area contributed by atoms with Crippen molar-refractivity contribution in [3.05, 3.63) is 57.9 Å². The normalized spacial score (nSPS) is 11.3. The summed E-state index contributed by atoms with van der Waals surface area (Å²) in [6.07, 6.45) is -3.99. The molecular weight excluding hydrogens is 361 g/mol. The number of hydrogen-bond acceptors (Lipinski definition) is 3. The van der Waals surface area contributed by atoms with Gasteiger partial charge in [-0.3, -0.25) is 4.79 Å². The van der Waals surface area contributed by atoms with Crippen LogP contribution in [0.1, 0.15) is 50.2 Å². The van der Waals surface area contributed by atoms with Crippen molar-refractivity contribution >= 4 is 11.9 Å². The molecule has 0 spiro atoms. The molecule has 27 heavy (non-hydrogen) atoms. The van der Waals surface area contributed by atoms with E-state index in [-0.39, 0.29) is 18.8 Å². The predicted octanol–water partition coefficient (Wildman–Crippen LogP) is 3.80. The minimum absolute atomic E-state index is 0.234. The van der Waals surface area contributed by atoms with Gasteiger partial charge < -0.3 is 15.0 Å². The van der Waals surface area contributed by atoms with Crippen LogP contribution in [0.4, 0.5) is 13.2 Å². The lowest BCUT2D eigenvalue weighted by Crippen LogP contribution is -2.26. The van der Waals surface area contributed by atoms with Crippen molar-refractivity contribution in [3.63, 3.8) is 0 Å². The van der Waals surface area contributed by atoms with Gasteiger partial charge in [-0.05, 0) is 50.5 Å². The molecule has 0 saturated heterocycles. The summed E-state index contributed by atoms with van der Waals surface area (Å²) in [5, 5.41) is 2.70. The number of nitrogens with one attached hydrogen (secondary N) is 2. The number of halogens is 3. The number of carbonyl (C=O) groups excluding carboxylic acids is 2. The maximum atomic E-state index is 12.5. The molecule has 5 nitrogen and oxygen atoms in total. The predicted molar refractivity (Wildman–Crippen MR) is 93.7 cm³/mol. The van der Waals surface area contributed by atoms with Crippen molar-refractivity contribution in [2.24, 2.45) is 0 Å². The number of aromatic amines is 1. The first-order valence-electron chi connectivity index (χ1n) is 8.45. The summed E-state index contributed by atoms with van der Waals surface area (Å²) in [6, 6.07) is 4.80. The Hall–Kier alpha value is -2.77. The van der Waals surface area contributed by atoms with Crippen LogP contribution in [0.15, 0.2) is 24.3 Å². The van der Waals surface area contributed by atoms with Gasteiger partial charge in [-0.15, -0.1) is 0 Å². The minimum Gasteiger partial charge on any atom is -0.462 e. The summed E-state index contributed by atoms with van der Waals surface area (Å²) in [7, 11) is 0. The van der Waals surface area contributed by atoms with Crippen molar-refractivity contribution in [1.29, 1.82) is 0 Å².